The molecule has 0 saturated heterocycles. The van der Waals surface area contributed by atoms with Crippen LogP contribution in [0.3, 0.4) is 0 Å². The molecule has 2 rings (SSSR count). The number of benzene rings is 1. The van der Waals surface area contributed by atoms with E-state index in [1.165, 1.54) is 0 Å². The van der Waals surface area contributed by atoms with Crippen molar-refractivity contribution < 1.29 is 0 Å². The molecule has 5 heteroatoms. The van der Waals surface area contributed by atoms with Crippen molar-refractivity contribution in [1.82, 2.24) is 9.97 Å². The Hall–Kier alpha value is -1.81. The van der Waals surface area contributed by atoms with Crippen LogP contribution in [0, 0.1) is 0 Å². The molecule has 0 aliphatic carbocycles. The van der Waals surface area contributed by atoms with Gasteiger partial charge in [-0.3, -0.25) is 0 Å². The Morgan fingerprint density at radius 2 is 1.76 bits per heavy atom. The summed E-state index contributed by atoms with van der Waals surface area (Å²) in [5.41, 5.74) is 2.19. The highest BCUT2D eigenvalue weighted by Gasteiger charge is 2.10. The van der Waals surface area contributed by atoms with E-state index in [1.807, 2.05) is 24.3 Å². The summed E-state index contributed by atoms with van der Waals surface area (Å²) in [6, 6.07) is 7.83. The molecule has 0 spiro atoms. The summed E-state index contributed by atoms with van der Waals surface area (Å²) in [6.45, 7) is 5.71. The van der Waals surface area contributed by atoms with E-state index >= 15 is 0 Å². The van der Waals surface area contributed by atoms with Gasteiger partial charge in [0.15, 0.2) is 0 Å². The number of nitrogens with zero attached hydrogens (tertiary/aromatic N) is 2. The van der Waals surface area contributed by atoms with Crippen LogP contribution in [0.2, 0.25) is 5.02 Å². The summed E-state index contributed by atoms with van der Waals surface area (Å²) in [5.74, 6) is 1.79. The first-order valence-electron chi connectivity index (χ1n) is 7.31. The molecule has 0 fully saturated rings. The highest BCUT2D eigenvalue weighted by atomic mass is 35.5. The van der Waals surface area contributed by atoms with E-state index in [-0.39, 0.29) is 0 Å². The van der Waals surface area contributed by atoms with E-state index in [1.54, 1.807) is 6.33 Å². The summed E-state index contributed by atoms with van der Waals surface area (Å²) >= 11 is 6.19. The molecular formula is C16H21ClN4. The van der Waals surface area contributed by atoms with Crippen LogP contribution in [0.15, 0.2) is 30.6 Å². The van der Waals surface area contributed by atoms with Crippen LogP contribution in [0.1, 0.15) is 31.4 Å². The number of anilines is 2. The monoisotopic (exact) mass is 304 g/mol. The van der Waals surface area contributed by atoms with E-state index in [2.05, 4.69) is 34.4 Å². The van der Waals surface area contributed by atoms with Crippen LogP contribution in [-0.2, 0) is 13.0 Å². The predicted molar refractivity (Wildman–Crippen MR) is 89.0 cm³/mol. The van der Waals surface area contributed by atoms with E-state index < -0.39 is 0 Å². The molecule has 0 aliphatic rings. The van der Waals surface area contributed by atoms with Crippen LogP contribution in [-0.4, -0.2) is 16.5 Å². The number of halogens is 1. The summed E-state index contributed by atoms with van der Waals surface area (Å²) in [4.78, 5) is 8.71. The minimum Gasteiger partial charge on any atom is -0.370 e. The number of hydrogen-bond acceptors (Lipinski definition) is 4. The van der Waals surface area contributed by atoms with Gasteiger partial charge in [-0.2, -0.15) is 0 Å². The lowest BCUT2D eigenvalue weighted by atomic mass is 10.1. The summed E-state index contributed by atoms with van der Waals surface area (Å²) < 4.78 is 0. The smallest absolute Gasteiger partial charge is 0.134 e. The molecule has 0 unspecified atom stereocenters. The SMILES string of the molecule is CCCc1c(NCC)ncnc1NCc1ccccc1Cl. The number of hydrogen-bond donors (Lipinski definition) is 2. The molecule has 4 nitrogen and oxygen atoms in total. The maximum atomic E-state index is 6.19. The van der Waals surface area contributed by atoms with E-state index in [4.69, 9.17) is 11.6 Å². The third kappa shape index (κ3) is 4.08. The number of aromatic nitrogens is 2. The normalized spacial score (nSPS) is 10.4. The summed E-state index contributed by atoms with van der Waals surface area (Å²) in [6.07, 6.45) is 3.58. The van der Waals surface area contributed by atoms with Gasteiger partial charge in [0.25, 0.3) is 0 Å². The van der Waals surface area contributed by atoms with Crippen LogP contribution in [0.25, 0.3) is 0 Å². The molecule has 0 atom stereocenters. The molecule has 2 aromatic rings. The standard InChI is InChI=1S/C16H21ClN4/c1-3-7-13-15(18-4-2)20-11-21-16(13)19-10-12-8-5-6-9-14(12)17/h5-6,8-9,11H,3-4,7,10H2,1-2H3,(H2,18,19,20,21). The Bertz CT molecular complexity index is 586. The molecule has 112 valence electrons. The molecule has 1 aromatic carbocycles. The fraction of sp³-hybridized carbons (Fsp3) is 0.375. The second kappa shape index (κ2) is 7.84. The number of nitrogens with one attached hydrogen (secondary N) is 2. The highest BCUT2D eigenvalue weighted by molar-refractivity contribution is 6.31. The molecule has 0 amide bonds. The lowest BCUT2D eigenvalue weighted by Crippen LogP contribution is -2.10. The number of rotatable bonds is 7. The Morgan fingerprint density at radius 1 is 1.05 bits per heavy atom. The molecule has 2 N–H and O–H groups in total. The minimum atomic E-state index is 0.652. The van der Waals surface area contributed by atoms with E-state index in [9.17, 15) is 0 Å². The van der Waals surface area contributed by atoms with E-state index in [0.29, 0.717) is 6.54 Å². The zero-order valence-electron chi connectivity index (χ0n) is 12.5. The fourth-order valence-corrected chi connectivity index (χ4v) is 2.39. The van der Waals surface area contributed by atoms with Gasteiger partial charge in [-0.05, 0) is 25.0 Å². The minimum absolute atomic E-state index is 0.652. The molecule has 0 bridgehead atoms. The second-order valence-corrected chi connectivity index (χ2v) is 5.18. The lowest BCUT2D eigenvalue weighted by molar-refractivity contribution is 0.895. The Morgan fingerprint density at radius 3 is 2.43 bits per heavy atom. The molecule has 21 heavy (non-hydrogen) atoms. The lowest BCUT2D eigenvalue weighted by Gasteiger charge is -2.15. The van der Waals surface area contributed by atoms with Crippen LogP contribution in [0.4, 0.5) is 11.6 Å². The van der Waals surface area contributed by atoms with Gasteiger partial charge in [0.2, 0.25) is 0 Å². The zero-order valence-corrected chi connectivity index (χ0v) is 13.2. The van der Waals surface area contributed by atoms with Crippen molar-refractivity contribution in [2.75, 3.05) is 17.2 Å². The summed E-state index contributed by atoms with van der Waals surface area (Å²) in [7, 11) is 0. The quantitative estimate of drug-likeness (QED) is 0.807. The molecule has 1 aromatic heterocycles. The predicted octanol–water partition coefficient (Wildman–Crippen LogP) is 4.13. The second-order valence-electron chi connectivity index (χ2n) is 4.77. The van der Waals surface area contributed by atoms with Crippen LogP contribution >= 0.6 is 11.6 Å². The van der Waals surface area contributed by atoms with Crippen LogP contribution in [0.5, 0.6) is 0 Å². The van der Waals surface area contributed by atoms with Gasteiger partial charge in [0.1, 0.15) is 18.0 Å². The van der Waals surface area contributed by atoms with Gasteiger partial charge in [0, 0.05) is 23.7 Å². The third-order valence-electron chi connectivity index (χ3n) is 3.19. The van der Waals surface area contributed by atoms with Gasteiger partial charge in [-0.25, -0.2) is 9.97 Å². The zero-order chi connectivity index (χ0) is 15.1. The molecule has 1 heterocycles. The average Bonchev–Trinajstić information content (AvgIpc) is 2.49. The maximum Gasteiger partial charge on any atom is 0.134 e. The van der Waals surface area contributed by atoms with Gasteiger partial charge in [0.05, 0.1) is 0 Å². The first-order valence-corrected chi connectivity index (χ1v) is 7.69. The Kier molecular flexibility index (Phi) is 5.81. The van der Waals surface area contributed by atoms with Gasteiger partial charge in [-0.1, -0.05) is 43.1 Å². The van der Waals surface area contributed by atoms with Crippen LogP contribution < -0.4 is 10.6 Å². The first-order chi connectivity index (χ1) is 10.3. The van der Waals surface area contributed by atoms with Crippen molar-refractivity contribution in [1.29, 1.82) is 0 Å². The third-order valence-corrected chi connectivity index (χ3v) is 3.56. The largest absolute Gasteiger partial charge is 0.370 e. The van der Waals surface area contributed by atoms with Crippen molar-refractivity contribution in [3.63, 3.8) is 0 Å². The topological polar surface area (TPSA) is 49.8 Å². The van der Waals surface area contributed by atoms with Crippen molar-refractivity contribution >= 4 is 23.2 Å². The Labute approximate surface area is 131 Å². The first kappa shape index (κ1) is 15.6. The molecular weight excluding hydrogens is 284 g/mol. The van der Waals surface area contributed by atoms with Gasteiger partial charge in [-0.15, -0.1) is 0 Å². The summed E-state index contributed by atoms with van der Waals surface area (Å²) in [5, 5.41) is 7.44. The van der Waals surface area contributed by atoms with E-state index in [0.717, 1.165) is 47.2 Å². The fourth-order valence-electron chi connectivity index (χ4n) is 2.19. The molecule has 0 aliphatic heterocycles. The van der Waals surface area contributed by atoms with Crippen molar-refractivity contribution in [3.05, 3.63) is 46.7 Å². The van der Waals surface area contributed by atoms with Crippen molar-refractivity contribution in [2.45, 2.75) is 33.2 Å². The van der Waals surface area contributed by atoms with Crippen molar-refractivity contribution in [2.24, 2.45) is 0 Å². The molecule has 0 radical (unpaired) electrons. The molecule has 0 saturated carbocycles. The maximum absolute atomic E-state index is 6.19. The van der Waals surface area contributed by atoms with Gasteiger partial charge >= 0.3 is 0 Å². The van der Waals surface area contributed by atoms with Crippen molar-refractivity contribution in [3.8, 4) is 0 Å². The Balaban J connectivity index is 2.19. The highest BCUT2D eigenvalue weighted by Crippen LogP contribution is 2.23. The average molecular weight is 305 g/mol. The van der Waals surface area contributed by atoms with Gasteiger partial charge < -0.3 is 10.6 Å².